The van der Waals surface area contributed by atoms with Crippen LogP contribution in [0.1, 0.15) is 19.8 Å². The number of likely N-dealkylation sites (N-methyl/N-ethyl adjacent to an activating group) is 2. The highest BCUT2D eigenvalue weighted by Gasteiger charge is 2.39. The lowest BCUT2D eigenvalue weighted by Gasteiger charge is -2.44. The van der Waals surface area contributed by atoms with Crippen LogP contribution in [-0.2, 0) is 19.6 Å². The molecule has 3 aliphatic rings. The summed E-state index contributed by atoms with van der Waals surface area (Å²) < 4.78 is 39.2. The van der Waals surface area contributed by atoms with Gasteiger partial charge in [-0.25, -0.2) is 13.4 Å². The molecule has 2 saturated heterocycles. The standard InChI is InChI=1S/C26H36N6O5S/c1-18-26(33)30(3)21-6-8-24(28-25(21)32(18)20-9-15-37-16-10-20)27-19-5-7-23(22(17-19)36-4)38(34,35)31-13-11-29(2)12-14-31/h5-8,17-18,20H,9-16H2,1-4H3,(H,27,28)/t18-/m1/s1. The maximum absolute atomic E-state index is 13.3. The molecule has 0 spiro atoms. The van der Waals surface area contributed by atoms with Crippen LogP contribution in [0.3, 0.4) is 0 Å². The molecule has 1 aromatic carbocycles. The first-order valence-electron chi connectivity index (χ1n) is 13.0. The van der Waals surface area contributed by atoms with Crippen LogP contribution in [0.2, 0.25) is 0 Å². The molecule has 3 aliphatic heterocycles. The summed E-state index contributed by atoms with van der Waals surface area (Å²) >= 11 is 0. The van der Waals surface area contributed by atoms with Crippen molar-refractivity contribution in [2.24, 2.45) is 0 Å². The number of ether oxygens (including phenoxy) is 2. The van der Waals surface area contributed by atoms with Crippen molar-refractivity contribution < 1.29 is 22.7 Å². The number of nitrogens with zero attached hydrogens (tertiary/aromatic N) is 5. The Morgan fingerprint density at radius 3 is 2.45 bits per heavy atom. The highest BCUT2D eigenvalue weighted by molar-refractivity contribution is 7.89. The average Bonchev–Trinajstić information content (AvgIpc) is 2.92. The largest absolute Gasteiger partial charge is 0.495 e. The number of sulfonamides is 1. The molecule has 2 fully saturated rings. The van der Waals surface area contributed by atoms with E-state index in [4.69, 9.17) is 14.5 Å². The van der Waals surface area contributed by atoms with Crippen LogP contribution >= 0.6 is 0 Å². The SMILES string of the molecule is COc1cc(Nc2ccc3c(n2)N(C2CCOCC2)[C@H](C)C(=O)N3C)ccc1S(=O)(=O)N1CCN(C)CC1. The minimum absolute atomic E-state index is 0.0355. The molecule has 0 unspecified atom stereocenters. The van der Waals surface area contributed by atoms with E-state index < -0.39 is 10.0 Å². The van der Waals surface area contributed by atoms with E-state index in [9.17, 15) is 13.2 Å². The first kappa shape index (κ1) is 26.7. The van der Waals surface area contributed by atoms with Crippen molar-refractivity contribution in [1.82, 2.24) is 14.2 Å². The highest BCUT2D eigenvalue weighted by atomic mass is 32.2. The van der Waals surface area contributed by atoms with E-state index in [1.54, 1.807) is 30.1 Å². The van der Waals surface area contributed by atoms with Crippen molar-refractivity contribution in [2.45, 2.75) is 36.7 Å². The number of anilines is 4. The number of pyridine rings is 1. The smallest absolute Gasteiger partial charge is 0.249 e. The lowest BCUT2D eigenvalue weighted by Crippen LogP contribution is -2.56. The molecule has 12 heteroatoms. The van der Waals surface area contributed by atoms with Gasteiger partial charge in [0.15, 0.2) is 5.82 Å². The third kappa shape index (κ3) is 4.93. The Balaban J connectivity index is 1.43. The second kappa shape index (κ2) is 10.7. The van der Waals surface area contributed by atoms with Gasteiger partial charge in [-0.1, -0.05) is 0 Å². The van der Waals surface area contributed by atoms with E-state index in [0.29, 0.717) is 50.9 Å². The molecule has 2 aromatic rings. The molecule has 1 aromatic heterocycles. The molecule has 0 saturated carbocycles. The molecule has 11 nitrogen and oxygen atoms in total. The Kier molecular flexibility index (Phi) is 7.49. The molecular weight excluding hydrogens is 508 g/mol. The molecule has 5 rings (SSSR count). The first-order chi connectivity index (χ1) is 18.2. The molecule has 4 heterocycles. The molecule has 206 valence electrons. The summed E-state index contributed by atoms with van der Waals surface area (Å²) in [5, 5.41) is 3.30. The topological polar surface area (TPSA) is 108 Å². The van der Waals surface area contributed by atoms with E-state index in [1.807, 2.05) is 26.1 Å². The van der Waals surface area contributed by atoms with E-state index in [2.05, 4.69) is 15.1 Å². The predicted molar refractivity (Wildman–Crippen MR) is 146 cm³/mol. The summed E-state index contributed by atoms with van der Waals surface area (Å²) in [6.07, 6.45) is 1.67. The average molecular weight is 545 g/mol. The van der Waals surface area contributed by atoms with Gasteiger partial charge in [0.25, 0.3) is 0 Å². The number of methoxy groups -OCH3 is 1. The van der Waals surface area contributed by atoms with Crippen molar-refractivity contribution >= 4 is 38.9 Å². The third-order valence-electron chi connectivity index (χ3n) is 7.67. The minimum atomic E-state index is -3.68. The van der Waals surface area contributed by atoms with E-state index in [0.717, 1.165) is 24.3 Å². The van der Waals surface area contributed by atoms with Crippen molar-refractivity contribution in [1.29, 1.82) is 0 Å². The van der Waals surface area contributed by atoms with Gasteiger partial charge in [-0.3, -0.25) is 4.79 Å². The number of aromatic nitrogens is 1. The summed E-state index contributed by atoms with van der Waals surface area (Å²) in [4.78, 5) is 23.9. The summed E-state index contributed by atoms with van der Waals surface area (Å²) in [5.74, 6) is 1.65. The summed E-state index contributed by atoms with van der Waals surface area (Å²) in [5.41, 5.74) is 1.41. The van der Waals surface area contributed by atoms with Gasteiger partial charge in [0.05, 0.1) is 12.8 Å². The molecule has 38 heavy (non-hydrogen) atoms. The quantitative estimate of drug-likeness (QED) is 0.585. The number of piperazine rings is 1. The Hall–Kier alpha value is -2.93. The number of rotatable bonds is 6. The molecule has 0 bridgehead atoms. The summed E-state index contributed by atoms with van der Waals surface area (Å²) in [7, 11) is 1.55. The van der Waals surface area contributed by atoms with E-state index >= 15 is 0 Å². The second-order valence-corrected chi connectivity index (χ2v) is 12.0. The fourth-order valence-corrected chi connectivity index (χ4v) is 6.95. The third-order valence-corrected chi connectivity index (χ3v) is 9.60. The van der Waals surface area contributed by atoms with Gasteiger partial charge < -0.3 is 29.5 Å². The van der Waals surface area contributed by atoms with E-state index in [1.165, 1.54) is 11.4 Å². The van der Waals surface area contributed by atoms with Crippen LogP contribution in [0.15, 0.2) is 35.2 Å². The van der Waals surface area contributed by atoms with Crippen LogP contribution < -0.4 is 19.9 Å². The van der Waals surface area contributed by atoms with Crippen molar-refractivity contribution in [3.05, 3.63) is 30.3 Å². The highest BCUT2D eigenvalue weighted by Crippen LogP contribution is 2.39. The van der Waals surface area contributed by atoms with Gasteiger partial charge in [-0.05, 0) is 51.1 Å². The molecule has 1 amide bonds. The number of carbonyl (C=O) groups excluding carboxylic acids is 1. The minimum Gasteiger partial charge on any atom is -0.495 e. The van der Waals surface area contributed by atoms with Crippen LogP contribution in [0.5, 0.6) is 5.75 Å². The zero-order chi connectivity index (χ0) is 27.0. The zero-order valence-electron chi connectivity index (χ0n) is 22.4. The van der Waals surface area contributed by atoms with Gasteiger partial charge in [-0.15, -0.1) is 0 Å². The molecular formula is C26H36N6O5S. The molecule has 0 radical (unpaired) electrons. The Labute approximate surface area is 224 Å². The number of hydrogen-bond donors (Lipinski definition) is 1. The van der Waals surface area contributed by atoms with Gasteiger partial charge >= 0.3 is 0 Å². The second-order valence-electron chi connectivity index (χ2n) is 10.1. The fraction of sp³-hybridized carbons (Fsp3) is 0.538. The normalized spacial score (nSPS) is 21.9. The van der Waals surface area contributed by atoms with Gasteiger partial charge in [0.2, 0.25) is 15.9 Å². The van der Waals surface area contributed by atoms with Crippen molar-refractivity contribution in [2.75, 3.05) is 75.7 Å². The fourth-order valence-electron chi connectivity index (χ4n) is 5.39. The predicted octanol–water partition coefficient (Wildman–Crippen LogP) is 2.12. The van der Waals surface area contributed by atoms with Gasteiger partial charge in [-0.2, -0.15) is 4.31 Å². The number of amides is 1. The van der Waals surface area contributed by atoms with Gasteiger partial charge in [0.1, 0.15) is 22.5 Å². The Morgan fingerprint density at radius 2 is 1.76 bits per heavy atom. The number of hydrogen-bond acceptors (Lipinski definition) is 9. The molecule has 1 atom stereocenters. The molecule has 1 N–H and O–H groups in total. The summed E-state index contributed by atoms with van der Waals surface area (Å²) in [6, 6.07) is 8.52. The van der Waals surface area contributed by atoms with Gasteiger partial charge in [0, 0.05) is 64.2 Å². The Bertz CT molecular complexity index is 1290. The van der Waals surface area contributed by atoms with Crippen LogP contribution in [0, 0.1) is 0 Å². The number of benzene rings is 1. The monoisotopic (exact) mass is 544 g/mol. The van der Waals surface area contributed by atoms with Crippen LogP contribution in [0.4, 0.5) is 23.0 Å². The summed E-state index contributed by atoms with van der Waals surface area (Å²) in [6.45, 7) is 5.51. The number of carbonyl (C=O) groups is 1. The lowest BCUT2D eigenvalue weighted by molar-refractivity contribution is -0.119. The van der Waals surface area contributed by atoms with E-state index in [-0.39, 0.29) is 28.6 Å². The Morgan fingerprint density at radius 1 is 1.05 bits per heavy atom. The zero-order valence-corrected chi connectivity index (χ0v) is 23.2. The number of fused-ring (bicyclic) bond motifs is 1. The van der Waals surface area contributed by atoms with Crippen molar-refractivity contribution in [3.8, 4) is 5.75 Å². The van der Waals surface area contributed by atoms with Crippen LogP contribution in [0.25, 0.3) is 0 Å². The first-order valence-corrected chi connectivity index (χ1v) is 14.4. The number of nitrogens with one attached hydrogen (secondary N) is 1. The van der Waals surface area contributed by atoms with Crippen molar-refractivity contribution in [3.63, 3.8) is 0 Å². The van der Waals surface area contributed by atoms with Crippen LogP contribution in [-0.4, -0.2) is 101 Å². The maximum Gasteiger partial charge on any atom is 0.249 e. The molecule has 0 aliphatic carbocycles. The maximum atomic E-state index is 13.3. The lowest BCUT2D eigenvalue weighted by atomic mass is 10.0.